The predicted molar refractivity (Wildman–Crippen MR) is 70.4 cm³/mol. The van der Waals surface area contributed by atoms with Crippen LogP contribution >= 0.6 is 0 Å². The van der Waals surface area contributed by atoms with E-state index in [0.717, 1.165) is 12.8 Å². The van der Waals surface area contributed by atoms with Crippen LogP contribution in [0.2, 0.25) is 6.04 Å². The van der Waals surface area contributed by atoms with Gasteiger partial charge in [-0.15, -0.1) is 0 Å². The Kier molecular flexibility index (Phi) is 8.97. The van der Waals surface area contributed by atoms with E-state index < -0.39 is 8.80 Å². The normalized spacial score (nSPS) is 14.3. The van der Waals surface area contributed by atoms with Crippen LogP contribution in [0.4, 0.5) is 0 Å². The Labute approximate surface area is 105 Å². The van der Waals surface area contributed by atoms with E-state index in [2.05, 4.69) is 0 Å². The van der Waals surface area contributed by atoms with Gasteiger partial charge in [0.15, 0.2) is 0 Å². The van der Waals surface area contributed by atoms with Crippen molar-refractivity contribution in [3.05, 3.63) is 0 Å². The molecule has 0 aliphatic rings. The van der Waals surface area contributed by atoms with Crippen LogP contribution in [0, 0.1) is 0 Å². The lowest BCUT2D eigenvalue weighted by molar-refractivity contribution is 0.0484. The lowest BCUT2D eigenvalue weighted by atomic mass is 10.2. The highest BCUT2D eigenvalue weighted by Crippen LogP contribution is 2.20. The highest BCUT2D eigenvalue weighted by molar-refractivity contribution is 6.60. The summed E-state index contributed by atoms with van der Waals surface area (Å²) < 4.78 is 16.9. The Morgan fingerprint density at radius 3 is 1.82 bits per heavy atom. The van der Waals surface area contributed by atoms with Gasteiger partial charge >= 0.3 is 8.80 Å². The zero-order chi connectivity index (χ0) is 13.3. The van der Waals surface area contributed by atoms with E-state index in [1.807, 2.05) is 6.92 Å². The molecule has 17 heavy (non-hydrogen) atoms. The van der Waals surface area contributed by atoms with Crippen molar-refractivity contribution in [3.8, 4) is 0 Å². The van der Waals surface area contributed by atoms with Gasteiger partial charge in [0.25, 0.3) is 0 Å². The predicted octanol–water partition coefficient (Wildman–Crippen LogP) is -0.352. The second kappa shape index (κ2) is 8.98. The molecule has 0 spiro atoms. The molecule has 0 fully saturated rings. The molecule has 0 aromatic carbocycles. The summed E-state index contributed by atoms with van der Waals surface area (Å²) in [5.74, 6) is 0. The molecule has 104 valence electrons. The van der Waals surface area contributed by atoms with E-state index in [9.17, 15) is 0 Å². The lowest BCUT2D eigenvalue weighted by Gasteiger charge is -2.32. The van der Waals surface area contributed by atoms with Gasteiger partial charge in [-0.25, -0.2) is 0 Å². The third-order valence-electron chi connectivity index (χ3n) is 2.52. The van der Waals surface area contributed by atoms with Gasteiger partial charge in [0.2, 0.25) is 0 Å². The largest absolute Gasteiger partial charge is 0.502 e. The minimum atomic E-state index is -2.68. The fourth-order valence-electron chi connectivity index (χ4n) is 1.68. The van der Waals surface area contributed by atoms with Gasteiger partial charge in [-0.3, -0.25) is 0 Å². The van der Waals surface area contributed by atoms with Crippen molar-refractivity contribution in [1.29, 1.82) is 0 Å². The first-order valence-corrected chi connectivity index (χ1v) is 7.90. The van der Waals surface area contributed by atoms with Gasteiger partial charge in [0.1, 0.15) is 0 Å². The Balaban J connectivity index is 4.56. The molecule has 7 heteroatoms. The summed E-state index contributed by atoms with van der Waals surface area (Å²) in [7, 11) is 0.514. The molecular formula is C10H27N3O3Si. The van der Waals surface area contributed by atoms with Crippen LogP contribution in [-0.2, 0) is 13.3 Å². The fourth-order valence-corrected chi connectivity index (χ4v) is 4.00. The average Bonchev–Trinajstić information content (AvgIpc) is 2.28. The van der Waals surface area contributed by atoms with Crippen molar-refractivity contribution in [2.75, 3.05) is 27.3 Å². The third kappa shape index (κ3) is 6.46. The van der Waals surface area contributed by atoms with Gasteiger partial charge in [-0.05, 0) is 32.9 Å². The van der Waals surface area contributed by atoms with Crippen LogP contribution < -0.4 is 17.2 Å². The quantitative estimate of drug-likeness (QED) is 0.466. The van der Waals surface area contributed by atoms with Crippen molar-refractivity contribution in [2.24, 2.45) is 17.2 Å². The summed E-state index contributed by atoms with van der Waals surface area (Å²) in [6.07, 6.45) is 1.48. The summed E-state index contributed by atoms with van der Waals surface area (Å²) in [5.41, 5.74) is 16.9. The molecule has 6 nitrogen and oxygen atoms in total. The van der Waals surface area contributed by atoms with E-state index in [1.165, 1.54) is 0 Å². The Morgan fingerprint density at radius 1 is 1.06 bits per heavy atom. The smallest absolute Gasteiger partial charge is 0.377 e. The highest BCUT2D eigenvalue weighted by atomic mass is 28.4. The van der Waals surface area contributed by atoms with Crippen LogP contribution in [0.5, 0.6) is 0 Å². The van der Waals surface area contributed by atoms with Gasteiger partial charge in [0, 0.05) is 26.3 Å². The Morgan fingerprint density at radius 2 is 1.53 bits per heavy atom. The van der Waals surface area contributed by atoms with Crippen LogP contribution in [0.15, 0.2) is 0 Å². The highest BCUT2D eigenvalue weighted by Gasteiger charge is 2.42. The molecule has 0 aliphatic heterocycles. The molecule has 0 radical (unpaired) electrons. The molecular weight excluding hydrogens is 238 g/mol. The van der Waals surface area contributed by atoms with Crippen LogP contribution in [-0.4, -0.2) is 48.3 Å². The summed E-state index contributed by atoms with van der Waals surface area (Å²) in [6.45, 7) is 3.02. The maximum absolute atomic E-state index is 5.98. The SMILES string of the molecule is CO[Si](CC(C)N)(OC)OC(CCN)CCN. The maximum atomic E-state index is 5.98. The summed E-state index contributed by atoms with van der Waals surface area (Å²) in [4.78, 5) is 0. The first-order chi connectivity index (χ1) is 8.03. The monoisotopic (exact) mass is 265 g/mol. The molecule has 0 saturated carbocycles. The minimum absolute atomic E-state index is 0.0182. The molecule has 0 saturated heterocycles. The van der Waals surface area contributed by atoms with Crippen LogP contribution in [0.1, 0.15) is 19.8 Å². The summed E-state index contributed by atoms with van der Waals surface area (Å²) in [6, 6.07) is 0.559. The molecule has 1 unspecified atom stereocenters. The minimum Gasteiger partial charge on any atom is -0.377 e. The zero-order valence-electron chi connectivity index (χ0n) is 11.1. The first kappa shape index (κ1) is 17.0. The topological polar surface area (TPSA) is 106 Å². The van der Waals surface area contributed by atoms with Gasteiger partial charge in [-0.1, -0.05) is 0 Å². The van der Waals surface area contributed by atoms with Crippen molar-refractivity contribution in [3.63, 3.8) is 0 Å². The molecule has 0 aliphatic carbocycles. The van der Waals surface area contributed by atoms with E-state index in [-0.39, 0.29) is 12.1 Å². The van der Waals surface area contributed by atoms with Crippen molar-refractivity contribution >= 4 is 8.80 Å². The van der Waals surface area contributed by atoms with E-state index >= 15 is 0 Å². The zero-order valence-corrected chi connectivity index (χ0v) is 12.1. The van der Waals surface area contributed by atoms with Crippen LogP contribution in [0.3, 0.4) is 0 Å². The van der Waals surface area contributed by atoms with Gasteiger partial charge < -0.3 is 30.5 Å². The Hall–Kier alpha value is -0.0231. The standard InChI is InChI=1S/C10H27N3O3Si/c1-9(13)8-17(14-2,15-3)16-10(4-6-11)5-7-12/h9-10H,4-8,11-13H2,1-3H3. The third-order valence-corrected chi connectivity index (χ3v) is 5.60. The van der Waals surface area contributed by atoms with Crippen molar-refractivity contribution in [1.82, 2.24) is 0 Å². The Bertz CT molecular complexity index is 186. The molecule has 0 rings (SSSR count). The summed E-state index contributed by atoms with van der Waals surface area (Å²) in [5, 5.41) is 0. The molecule has 6 N–H and O–H groups in total. The average molecular weight is 265 g/mol. The molecule has 0 amide bonds. The molecule has 0 aromatic rings. The van der Waals surface area contributed by atoms with E-state index in [4.69, 9.17) is 30.5 Å². The van der Waals surface area contributed by atoms with Gasteiger partial charge in [-0.2, -0.15) is 0 Å². The van der Waals surface area contributed by atoms with Gasteiger partial charge in [0.05, 0.1) is 6.10 Å². The second-order valence-electron chi connectivity index (χ2n) is 4.17. The molecule has 0 heterocycles. The number of hydrogen-bond donors (Lipinski definition) is 3. The number of hydrogen-bond acceptors (Lipinski definition) is 6. The van der Waals surface area contributed by atoms with Crippen molar-refractivity contribution in [2.45, 2.75) is 38.0 Å². The molecule has 0 aromatic heterocycles. The molecule has 0 bridgehead atoms. The first-order valence-electron chi connectivity index (χ1n) is 5.97. The molecule has 1 atom stereocenters. The van der Waals surface area contributed by atoms with Crippen LogP contribution in [0.25, 0.3) is 0 Å². The number of rotatable bonds is 10. The van der Waals surface area contributed by atoms with Crippen molar-refractivity contribution < 1.29 is 13.3 Å². The fraction of sp³-hybridized carbons (Fsp3) is 1.00. The second-order valence-corrected chi connectivity index (χ2v) is 6.99. The van der Waals surface area contributed by atoms with E-state index in [1.54, 1.807) is 14.2 Å². The summed E-state index contributed by atoms with van der Waals surface area (Å²) >= 11 is 0. The number of nitrogens with two attached hydrogens (primary N) is 3. The maximum Gasteiger partial charge on any atom is 0.502 e. The van der Waals surface area contributed by atoms with E-state index in [0.29, 0.717) is 19.1 Å². The lowest BCUT2D eigenvalue weighted by Crippen LogP contribution is -2.50.